The lowest BCUT2D eigenvalue weighted by atomic mass is 9.97. The van der Waals surface area contributed by atoms with E-state index in [4.69, 9.17) is 4.98 Å². The van der Waals surface area contributed by atoms with Gasteiger partial charge in [0.05, 0.1) is 16.8 Å². The van der Waals surface area contributed by atoms with Crippen LogP contribution >= 0.6 is 0 Å². The molecule has 0 bridgehead atoms. The highest BCUT2D eigenvalue weighted by molar-refractivity contribution is 5.98. The SMILES string of the molecule is CNc1cc(F)c(F)c2c1Cc1ncc(-c3cnc4c(c3)c(=O)c(C(=O)O)cn4C)c(N3C[C@H]4CCN(C)[C@H]4C3)c1-2. The number of benzene rings is 1. The fourth-order valence-electron chi connectivity index (χ4n) is 6.99. The molecule has 1 aliphatic carbocycles. The van der Waals surface area contributed by atoms with Crippen molar-refractivity contribution in [2.75, 3.05) is 43.9 Å². The van der Waals surface area contributed by atoms with Crippen molar-refractivity contribution in [3.63, 3.8) is 0 Å². The Morgan fingerprint density at radius 2 is 1.93 bits per heavy atom. The van der Waals surface area contributed by atoms with Crippen molar-refractivity contribution in [2.24, 2.45) is 13.0 Å². The number of likely N-dealkylation sites (N-methyl/N-ethyl adjacent to an activating group) is 1. The van der Waals surface area contributed by atoms with Crippen molar-refractivity contribution in [3.05, 3.63) is 69.4 Å². The summed E-state index contributed by atoms with van der Waals surface area (Å²) in [4.78, 5) is 38.7. The van der Waals surface area contributed by atoms with Crippen LogP contribution in [-0.2, 0) is 13.5 Å². The Bertz CT molecular complexity index is 1860. The smallest absolute Gasteiger partial charge is 0.341 e. The summed E-state index contributed by atoms with van der Waals surface area (Å²) in [5.74, 6) is -2.73. The van der Waals surface area contributed by atoms with E-state index in [1.807, 2.05) is 0 Å². The molecule has 2 fully saturated rings. The lowest BCUT2D eigenvalue weighted by Crippen LogP contribution is -2.32. The highest BCUT2D eigenvalue weighted by Gasteiger charge is 2.42. The Kier molecular flexibility index (Phi) is 5.66. The lowest BCUT2D eigenvalue weighted by Gasteiger charge is -2.27. The van der Waals surface area contributed by atoms with Crippen LogP contribution in [0.5, 0.6) is 0 Å². The van der Waals surface area contributed by atoms with E-state index in [0.717, 1.165) is 25.2 Å². The molecule has 2 aliphatic heterocycles. The molecular formula is C30H28F2N6O3. The number of hydrogen-bond donors (Lipinski definition) is 2. The van der Waals surface area contributed by atoms with Gasteiger partial charge in [0.1, 0.15) is 11.2 Å². The van der Waals surface area contributed by atoms with Gasteiger partial charge in [-0.2, -0.15) is 0 Å². The molecule has 9 nitrogen and oxygen atoms in total. The van der Waals surface area contributed by atoms with Gasteiger partial charge in [0.25, 0.3) is 0 Å². The van der Waals surface area contributed by atoms with Crippen molar-refractivity contribution in [1.29, 1.82) is 0 Å². The zero-order valence-electron chi connectivity index (χ0n) is 22.8. The molecule has 5 heterocycles. The molecule has 2 saturated heterocycles. The van der Waals surface area contributed by atoms with E-state index in [2.05, 4.69) is 27.1 Å². The first-order valence-electron chi connectivity index (χ1n) is 13.6. The Labute approximate surface area is 234 Å². The van der Waals surface area contributed by atoms with E-state index in [9.17, 15) is 19.1 Å². The van der Waals surface area contributed by atoms with E-state index in [1.54, 1.807) is 32.6 Å². The summed E-state index contributed by atoms with van der Waals surface area (Å²) in [5, 5.41) is 12.7. The minimum atomic E-state index is -1.32. The van der Waals surface area contributed by atoms with E-state index in [-0.39, 0.29) is 16.5 Å². The van der Waals surface area contributed by atoms with Crippen molar-refractivity contribution >= 4 is 28.4 Å². The highest BCUT2D eigenvalue weighted by Crippen LogP contribution is 2.51. The maximum absolute atomic E-state index is 15.6. The average molecular weight is 559 g/mol. The van der Waals surface area contributed by atoms with E-state index in [1.165, 1.54) is 16.8 Å². The fourth-order valence-corrected chi connectivity index (χ4v) is 6.99. The Morgan fingerprint density at radius 3 is 2.66 bits per heavy atom. The molecule has 3 aromatic heterocycles. The second-order valence-electron chi connectivity index (χ2n) is 11.2. The molecule has 11 heteroatoms. The molecule has 0 amide bonds. The number of rotatable bonds is 4. The van der Waals surface area contributed by atoms with Crippen LogP contribution in [-0.4, -0.2) is 70.3 Å². The normalized spacial score (nSPS) is 19.5. The number of fused-ring (bicyclic) bond motifs is 5. The summed E-state index contributed by atoms with van der Waals surface area (Å²) in [6.07, 6.45) is 5.99. The fraction of sp³-hybridized carbons (Fsp3) is 0.333. The van der Waals surface area contributed by atoms with Gasteiger partial charge in [-0.25, -0.2) is 18.6 Å². The van der Waals surface area contributed by atoms with Crippen LogP contribution < -0.4 is 15.6 Å². The Balaban J connectivity index is 1.50. The van der Waals surface area contributed by atoms with Gasteiger partial charge in [-0.3, -0.25) is 9.78 Å². The summed E-state index contributed by atoms with van der Waals surface area (Å²) in [6, 6.07) is 3.14. The van der Waals surface area contributed by atoms with Crippen molar-refractivity contribution in [2.45, 2.75) is 18.9 Å². The van der Waals surface area contributed by atoms with Gasteiger partial charge >= 0.3 is 5.97 Å². The molecule has 41 heavy (non-hydrogen) atoms. The van der Waals surface area contributed by atoms with Gasteiger partial charge in [-0.05, 0) is 37.6 Å². The number of likely N-dealkylation sites (tertiary alicyclic amines) is 1. The van der Waals surface area contributed by atoms with Crippen molar-refractivity contribution in [3.8, 4) is 22.3 Å². The number of aryl methyl sites for hydroxylation is 1. The molecule has 4 aromatic rings. The summed E-state index contributed by atoms with van der Waals surface area (Å²) in [6.45, 7) is 2.47. The van der Waals surface area contributed by atoms with Gasteiger partial charge in [0.2, 0.25) is 5.43 Å². The number of pyridine rings is 3. The van der Waals surface area contributed by atoms with Gasteiger partial charge in [-0.15, -0.1) is 0 Å². The number of carbonyl (C=O) groups is 1. The van der Waals surface area contributed by atoms with Crippen molar-refractivity contribution in [1.82, 2.24) is 19.4 Å². The molecule has 1 aromatic carbocycles. The summed E-state index contributed by atoms with van der Waals surface area (Å²) in [7, 11) is 5.43. The molecule has 0 unspecified atom stereocenters. The first-order valence-corrected chi connectivity index (χ1v) is 13.6. The number of nitrogens with one attached hydrogen (secondary N) is 1. The first kappa shape index (κ1) is 25.6. The molecule has 2 atom stereocenters. The Morgan fingerprint density at radius 1 is 1.12 bits per heavy atom. The number of carboxylic acid groups (broad SMARTS) is 1. The molecule has 0 saturated carbocycles. The Hall–Kier alpha value is -4.38. The van der Waals surface area contributed by atoms with Crippen LogP contribution in [0, 0.1) is 17.6 Å². The standard InChI is InChI=1S/C30H28F2N6O3/c1-33-21-8-20(31)26(32)24-16(21)7-22-25(24)27(38-11-14-4-5-36(2)23(14)13-38)18(10-34-22)15-6-17-28(39)19(30(40)41)12-37(3)29(17)35-9-15/h6,8-10,12,14,23,33H,4-5,7,11,13H2,1-3H3,(H,40,41)/t14-,23+/m1/s1. The number of anilines is 2. The van der Waals surface area contributed by atoms with Crippen molar-refractivity contribution < 1.29 is 18.7 Å². The number of carboxylic acids is 1. The van der Waals surface area contributed by atoms with Crippen LogP contribution in [0.15, 0.2) is 35.5 Å². The molecule has 7 rings (SSSR count). The molecule has 210 valence electrons. The third-order valence-electron chi connectivity index (χ3n) is 9.02. The predicted octanol–water partition coefficient (Wildman–Crippen LogP) is 3.73. The molecule has 3 aliphatic rings. The largest absolute Gasteiger partial charge is 0.477 e. The minimum Gasteiger partial charge on any atom is -0.477 e. The second kappa shape index (κ2) is 9.07. The first-order chi connectivity index (χ1) is 19.7. The van der Waals surface area contributed by atoms with Crippen LogP contribution in [0.3, 0.4) is 0 Å². The van der Waals surface area contributed by atoms with E-state index >= 15 is 4.39 Å². The monoisotopic (exact) mass is 558 g/mol. The highest BCUT2D eigenvalue weighted by atomic mass is 19.2. The molecule has 0 spiro atoms. The second-order valence-corrected chi connectivity index (χ2v) is 11.2. The summed E-state index contributed by atoms with van der Waals surface area (Å²) in [5.41, 5.74) is 3.85. The van der Waals surface area contributed by atoms with Gasteiger partial charge in [0.15, 0.2) is 11.6 Å². The maximum Gasteiger partial charge on any atom is 0.341 e. The molecule has 2 N–H and O–H groups in total. The van der Waals surface area contributed by atoms with Crippen LogP contribution in [0.25, 0.3) is 33.3 Å². The zero-order valence-corrected chi connectivity index (χ0v) is 22.8. The lowest BCUT2D eigenvalue weighted by molar-refractivity contribution is 0.0695. The van der Waals surface area contributed by atoms with E-state index < -0.39 is 23.0 Å². The zero-order chi connectivity index (χ0) is 28.7. The third kappa shape index (κ3) is 3.68. The number of nitrogens with zero attached hydrogens (tertiary/aromatic N) is 5. The number of hydrogen-bond acceptors (Lipinski definition) is 7. The topological polar surface area (TPSA) is 104 Å². The third-order valence-corrected chi connectivity index (χ3v) is 9.02. The summed E-state index contributed by atoms with van der Waals surface area (Å²) < 4.78 is 32.1. The molecule has 0 radical (unpaired) electrons. The number of aromatic nitrogens is 3. The number of halogens is 2. The number of aromatic carboxylic acids is 1. The minimum absolute atomic E-state index is 0.157. The quantitative estimate of drug-likeness (QED) is 0.344. The van der Waals surface area contributed by atoms with E-state index in [0.29, 0.717) is 64.2 Å². The van der Waals surface area contributed by atoms with Gasteiger partial charge < -0.3 is 24.8 Å². The predicted molar refractivity (Wildman–Crippen MR) is 152 cm³/mol. The maximum atomic E-state index is 15.6. The van der Waals surface area contributed by atoms with Crippen LogP contribution in [0.4, 0.5) is 20.2 Å². The summed E-state index contributed by atoms with van der Waals surface area (Å²) >= 11 is 0. The average Bonchev–Trinajstić information content (AvgIpc) is 3.65. The van der Waals surface area contributed by atoms with Gasteiger partial charge in [0, 0.05) is 92.2 Å². The van der Waals surface area contributed by atoms with Crippen LogP contribution in [0.1, 0.15) is 28.0 Å². The molecular weight excluding hydrogens is 530 g/mol. The van der Waals surface area contributed by atoms with Crippen LogP contribution in [0.2, 0.25) is 0 Å². The van der Waals surface area contributed by atoms with Gasteiger partial charge in [-0.1, -0.05) is 0 Å².